The monoisotopic (exact) mass is 266 g/mol. The van der Waals surface area contributed by atoms with Crippen molar-refractivity contribution >= 4 is 5.91 Å². The van der Waals surface area contributed by atoms with Crippen LogP contribution in [0.25, 0.3) is 0 Å². The number of hydrogen-bond donors (Lipinski definition) is 1. The Morgan fingerprint density at radius 2 is 2.00 bits per heavy atom. The summed E-state index contributed by atoms with van der Waals surface area (Å²) in [7, 11) is 0. The van der Waals surface area contributed by atoms with Crippen LogP contribution in [-0.4, -0.2) is 29.9 Å². The van der Waals surface area contributed by atoms with Gasteiger partial charge >= 0.3 is 0 Å². The van der Waals surface area contributed by atoms with Crippen LogP contribution in [0.3, 0.4) is 0 Å². The Morgan fingerprint density at radius 1 is 1.32 bits per heavy atom. The van der Waals surface area contributed by atoms with Gasteiger partial charge in [0.2, 0.25) is 5.91 Å². The van der Waals surface area contributed by atoms with Gasteiger partial charge in [0.1, 0.15) is 0 Å². The van der Waals surface area contributed by atoms with Crippen LogP contribution < -0.4 is 5.73 Å². The van der Waals surface area contributed by atoms with Gasteiger partial charge in [-0.2, -0.15) is 0 Å². The van der Waals surface area contributed by atoms with Gasteiger partial charge in [0, 0.05) is 25.0 Å². The smallest absolute Gasteiger partial charge is 0.226 e. The second-order valence-corrected chi connectivity index (χ2v) is 6.87. The molecule has 2 rings (SSSR count). The van der Waals surface area contributed by atoms with Gasteiger partial charge in [-0.1, -0.05) is 20.8 Å². The van der Waals surface area contributed by atoms with Crippen molar-refractivity contribution in [2.75, 3.05) is 13.1 Å². The molecule has 0 radical (unpaired) electrons. The van der Waals surface area contributed by atoms with Gasteiger partial charge in [0.15, 0.2) is 0 Å². The maximum Gasteiger partial charge on any atom is 0.226 e. The van der Waals surface area contributed by atoms with Crippen molar-refractivity contribution in [3.63, 3.8) is 0 Å². The molecule has 19 heavy (non-hydrogen) atoms. The van der Waals surface area contributed by atoms with Gasteiger partial charge in [0.05, 0.1) is 0 Å². The lowest BCUT2D eigenvalue weighted by Gasteiger charge is -2.35. The molecule has 0 aromatic heterocycles. The number of nitrogens with two attached hydrogens (primary N) is 1. The Kier molecular flexibility index (Phi) is 4.54. The molecule has 2 aliphatic rings. The molecule has 1 amide bonds. The summed E-state index contributed by atoms with van der Waals surface area (Å²) in [6.07, 6.45) is 6.64. The summed E-state index contributed by atoms with van der Waals surface area (Å²) in [5.41, 5.74) is 6.44. The number of amides is 1. The van der Waals surface area contributed by atoms with Crippen LogP contribution in [0.2, 0.25) is 0 Å². The van der Waals surface area contributed by atoms with Gasteiger partial charge in [-0.05, 0) is 49.9 Å². The SMILES string of the molecule is CCC1(CC)CCN(C(=O)C2CC(N)CCC2C)C1. The lowest BCUT2D eigenvalue weighted by molar-refractivity contribution is -0.137. The van der Waals surface area contributed by atoms with Gasteiger partial charge < -0.3 is 10.6 Å². The first-order valence-corrected chi connectivity index (χ1v) is 8.05. The molecule has 0 bridgehead atoms. The molecule has 2 fully saturated rings. The first-order valence-electron chi connectivity index (χ1n) is 8.05. The number of likely N-dealkylation sites (tertiary alicyclic amines) is 1. The van der Waals surface area contributed by atoms with E-state index in [1.807, 2.05) is 0 Å². The molecule has 3 unspecified atom stereocenters. The van der Waals surface area contributed by atoms with Crippen molar-refractivity contribution in [2.45, 2.75) is 65.3 Å². The fourth-order valence-corrected chi connectivity index (χ4v) is 3.88. The van der Waals surface area contributed by atoms with Crippen LogP contribution in [0.4, 0.5) is 0 Å². The van der Waals surface area contributed by atoms with Crippen molar-refractivity contribution in [3.05, 3.63) is 0 Å². The van der Waals surface area contributed by atoms with Crippen LogP contribution in [-0.2, 0) is 4.79 Å². The number of hydrogen-bond acceptors (Lipinski definition) is 2. The van der Waals surface area contributed by atoms with Crippen LogP contribution in [0.5, 0.6) is 0 Å². The highest BCUT2D eigenvalue weighted by Crippen LogP contribution is 2.39. The molecule has 3 heteroatoms. The topological polar surface area (TPSA) is 46.3 Å². The summed E-state index contributed by atoms with van der Waals surface area (Å²) in [6.45, 7) is 8.67. The molecular formula is C16H30N2O. The second-order valence-electron chi connectivity index (χ2n) is 6.87. The normalized spacial score (nSPS) is 34.5. The van der Waals surface area contributed by atoms with E-state index in [1.54, 1.807) is 0 Å². The maximum absolute atomic E-state index is 12.7. The number of nitrogens with zero attached hydrogens (tertiary/aromatic N) is 1. The molecule has 2 N–H and O–H groups in total. The third kappa shape index (κ3) is 2.96. The highest BCUT2D eigenvalue weighted by molar-refractivity contribution is 5.79. The van der Waals surface area contributed by atoms with Crippen LogP contribution >= 0.6 is 0 Å². The molecular weight excluding hydrogens is 236 g/mol. The molecule has 0 aromatic carbocycles. The minimum Gasteiger partial charge on any atom is -0.342 e. The first kappa shape index (κ1) is 14.8. The van der Waals surface area contributed by atoms with Crippen molar-refractivity contribution in [2.24, 2.45) is 23.0 Å². The molecule has 0 aromatic rings. The van der Waals surface area contributed by atoms with Gasteiger partial charge in [-0.3, -0.25) is 4.79 Å². The molecule has 1 aliphatic carbocycles. The fourth-order valence-electron chi connectivity index (χ4n) is 3.88. The first-order chi connectivity index (χ1) is 9.01. The summed E-state index contributed by atoms with van der Waals surface area (Å²) in [6, 6.07) is 0.231. The molecule has 1 aliphatic heterocycles. The Morgan fingerprint density at radius 3 is 2.58 bits per heavy atom. The summed E-state index contributed by atoms with van der Waals surface area (Å²) in [4.78, 5) is 14.9. The van der Waals surface area contributed by atoms with E-state index in [-0.39, 0.29) is 12.0 Å². The fraction of sp³-hybridized carbons (Fsp3) is 0.938. The lowest BCUT2D eigenvalue weighted by Crippen LogP contribution is -2.43. The predicted octanol–water partition coefficient (Wildman–Crippen LogP) is 2.79. The van der Waals surface area contributed by atoms with E-state index >= 15 is 0 Å². The second kappa shape index (κ2) is 5.82. The van der Waals surface area contributed by atoms with E-state index in [2.05, 4.69) is 25.7 Å². The Balaban J connectivity index is 2.00. The Labute approximate surface area is 117 Å². The molecule has 3 nitrogen and oxygen atoms in total. The van der Waals surface area contributed by atoms with E-state index in [0.29, 0.717) is 17.2 Å². The number of carbonyl (C=O) groups excluding carboxylic acids is 1. The van der Waals surface area contributed by atoms with Gasteiger partial charge in [0.25, 0.3) is 0 Å². The minimum absolute atomic E-state index is 0.174. The van der Waals surface area contributed by atoms with Crippen molar-refractivity contribution in [1.29, 1.82) is 0 Å². The number of rotatable bonds is 3. The van der Waals surface area contributed by atoms with Crippen molar-refractivity contribution in [3.8, 4) is 0 Å². The molecule has 1 saturated carbocycles. The van der Waals surface area contributed by atoms with Gasteiger partial charge in [-0.25, -0.2) is 0 Å². The molecule has 1 saturated heterocycles. The Hall–Kier alpha value is -0.570. The molecule has 3 atom stereocenters. The summed E-state index contributed by atoms with van der Waals surface area (Å²) in [5.74, 6) is 1.06. The average Bonchev–Trinajstić information content (AvgIpc) is 2.86. The van der Waals surface area contributed by atoms with E-state index in [9.17, 15) is 4.79 Å². The van der Waals surface area contributed by atoms with Crippen molar-refractivity contribution in [1.82, 2.24) is 4.90 Å². The Bertz CT molecular complexity index is 325. The number of carbonyl (C=O) groups is 1. The molecule has 110 valence electrons. The zero-order chi connectivity index (χ0) is 14.0. The van der Waals surface area contributed by atoms with E-state index < -0.39 is 0 Å². The minimum atomic E-state index is 0.174. The maximum atomic E-state index is 12.7. The van der Waals surface area contributed by atoms with E-state index in [4.69, 9.17) is 5.73 Å². The third-order valence-electron chi connectivity index (χ3n) is 5.80. The van der Waals surface area contributed by atoms with E-state index in [0.717, 1.165) is 32.4 Å². The van der Waals surface area contributed by atoms with Crippen LogP contribution in [0.1, 0.15) is 59.3 Å². The van der Waals surface area contributed by atoms with Crippen LogP contribution in [0, 0.1) is 17.3 Å². The largest absolute Gasteiger partial charge is 0.342 e. The zero-order valence-electron chi connectivity index (χ0n) is 12.8. The highest BCUT2D eigenvalue weighted by Gasteiger charge is 2.41. The van der Waals surface area contributed by atoms with E-state index in [1.165, 1.54) is 19.3 Å². The summed E-state index contributed by atoms with van der Waals surface area (Å²) >= 11 is 0. The van der Waals surface area contributed by atoms with Gasteiger partial charge in [-0.15, -0.1) is 0 Å². The highest BCUT2D eigenvalue weighted by atomic mass is 16.2. The zero-order valence-corrected chi connectivity index (χ0v) is 12.8. The third-order valence-corrected chi connectivity index (χ3v) is 5.80. The quantitative estimate of drug-likeness (QED) is 0.854. The molecule has 1 heterocycles. The predicted molar refractivity (Wildman–Crippen MR) is 78.7 cm³/mol. The average molecular weight is 266 g/mol. The van der Waals surface area contributed by atoms with Crippen molar-refractivity contribution < 1.29 is 4.79 Å². The summed E-state index contributed by atoms with van der Waals surface area (Å²) < 4.78 is 0. The lowest BCUT2D eigenvalue weighted by atomic mass is 9.77. The standard InChI is InChI=1S/C16H30N2O/c1-4-16(5-2)8-9-18(11-16)15(19)14-10-13(17)7-6-12(14)3/h12-14H,4-11,17H2,1-3H3. The van der Waals surface area contributed by atoms with Crippen LogP contribution in [0.15, 0.2) is 0 Å². The molecule has 0 spiro atoms. The summed E-state index contributed by atoms with van der Waals surface area (Å²) in [5, 5.41) is 0.